The van der Waals surface area contributed by atoms with Gasteiger partial charge in [0, 0.05) is 25.6 Å². The second-order valence-electron chi connectivity index (χ2n) is 6.09. The first-order valence-electron chi connectivity index (χ1n) is 8.41. The Morgan fingerprint density at radius 1 is 1.36 bits per heavy atom. The summed E-state index contributed by atoms with van der Waals surface area (Å²) in [5.74, 6) is -1.18. The molecule has 25 heavy (non-hydrogen) atoms. The van der Waals surface area contributed by atoms with Crippen LogP contribution in [0, 0.1) is 5.92 Å². The number of nitrogens with zero attached hydrogens (tertiary/aromatic N) is 1. The lowest BCUT2D eigenvalue weighted by molar-refractivity contribution is -0.141. The number of carboxylic acids is 1. The maximum Gasteiger partial charge on any atom is 0.308 e. The quantitative estimate of drug-likeness (QED) is 0.780. The van der Waals surface area contributed by atoms with E-state index in [4.69, 9.17) is 9.84 Å². The summed E-state index contributed by atoms with van der Waals surface area (Å²) in [6, 6.07) is 6.76. The molecule has 0 saturated carbocycles. The first kappa shape index (κ1) is 18.8. The van der Waals surface area contributed by atoms with Gasteiger partial charge in [-0.3, -0.25) is 14.4 Å². The largest absolute Gasteiger partial charge is 0.494 e. The van der Waals surface area contributed by atoms with E-state index in [0.29, 0.717) is 25.3 Å². The number of ether oxygens (including phenoxy) is 1. The number of likely N-dealkylation sites (tertiary alicyclic amines) is 1. The van der Waals surface area contributed by atoms with Crippen molar-refractivity contribution >= 4 is 17.8 Å². The van der Waals surface area contributed by atoms with Crippen LogP contribution in [-0.2, 0) is 14.4 Å². The first-order valence-corrected chi connectivity index (χ1v) is 8.41. The minimum absolute atomic E-state index is 0.0655. The molecule has 0 aromatic heterocycles. The van der Waals surface area contributed by atoms with Gasteiger partial charge in [-0.05, 0) is 19.4 Å². The molecule has 1 heterocycles. The first-order chi connectivity index (χ1) is 11.9. The zero-order valence-electron chi connectivity index (χ0n) is 14.5. The number of amides is 2. The van der Waals surface area contributed by atoms with Crippen LogP contribution in [0.4, 0.5) is 0 Å². The minimum atomic E-state index is -0.879. The van der Waals surface area contributed by atoms with Crippen molar-refractivity contribution < 1.29 is 24.2 Å². The lowest BCUT2D eigenvalue weighted by Crippen LogP contribution is -2.35. The van der Waals surface area contributed by atoms with Crippen LogP contribution in [0.1, 0.15) is 38.3 Å². The fourth-order valence-corrected chi connectivity index (χ4v) is 3.03. The van der Waals surface area contributed by atoms with Crippen LogP contribution in [0.15, 0.2) is 24.3 Å². The van der Waals surface area contributed by atoms with Gasteiger partial charge >= 0.3 is 5.97 Å². The summed E-state index contributed by atoms with van der Waals surface area (Å²) < 4.78 is 5.60. The molecule has 1 aromatic rings. The molecule has 1 saturated heterocycles. The van der Waals surface area contributed by atoms with E-state index in [1.807, 2.05) is 25.1 Å². The van der Waals surface area contributed by atoms with Gasteiger partial charge in [-0.1, -0.05) is 18.2 Å². The minimum Gasteiger partial charge on any atom is -0.494 e. The predicted molar refractivity (Wildman–Crippen MR) is 91.1 cm³/mol. The monoisotopic (exact) mass is 348 g/mol. The Kier molecular flexibility index (Phi) is 6.38. The van der Waals surface area contributed by atoms with Crippen molar-refractivity contribution in [1.29, 1.82) is 0 Å². The highest BCUT2D eigenvalue weighted by Gasteiger charge is 2.32. The van der Waals surface area contributed by atoms with E-state index >= 15 is 0 Å². The third-order valence-corrected chi connectivity index (χ3v) is 4.24. The Bertz CT molecular complexity index is 646. The number of hydrogen-bond acceptors (Lipinski definition) is 4. The van der Waals surface area contributed by atoms with E-state index in [9.17, 15) is 14.4 Å². The Labute approximate surface area is 147 Å². The normalized spacial score (nSPS) is 17.8. The van der Waals surface area contributed by atoms with Gasteiger partial charge in [-0.2, -0.15) is 0 Å². The zero-order chi connectivity index (χ0) is 18.4. The third-order valence-electron chi connectivity index (χ3n) is 4.24. The second kappa shape index (κ2) is 8.50. The van der Waals surface area contributed by atoms with Crippen molar-refractivity contribution in [2.24, 2.45) is 5.92 Å². The van der Waals surface area contributed by atoms with Crippen LogP contribution in [0.5, 0.6) is 5.75 Å². The molecule has 1 aliphatic heterocycles. The Morgan fingerprint density at radius 2 is 2.08 bits per heavy atom. The van der Waals surface area contributed by atoms with Crippen molar-refractivity contribution in [1.82, 2.24) is 10.2 Å². The fraction of sp³-hybridized carbons (Fsp3) is 0.500. The van der Waals surface area contributed by atoms with Gasteiger partial charge in [0.25, 0.3) is 0 Å². The number of aliphatic carboxylic acids is 1. The van der Waals surface area contributed by atoms with Crippen molar-refractivity contribution in [2.45, 2.75) is 32.7 Å². The molecule has 0 radical (unpaired) electrons. The second-order valence-corrected chi connectivity index (χ2v) is 6.09. The molecule has 1 fully saturated rings. The predicted octanol–water partition coefficient (Wildman–Crippen LogP) is 1.59. The molecule has 0 bridgehead atoms. The average Bonchev–Trinajstić information content (AvgIpc) is 3.05. The summed E-state index contributed by atoms with van der Waals surface area (Å²) in [6.07, 6.45) is 0.525. The van der Waals surface area contributed by atoms with Gasteiger partial charge in [0.05, 0.1) is 25.0 Å². The van der Waals surface area contributed by atoms with Crippen molar-refractivity contribution in [3.05, 3.63) is 29.8 Å². The Morgan fingerprint density at radius 3 is 2.68 bits per heavy atom. The molecule has 2 atom stereocenters. The lowest BCUT2D eigenvalue weighted by atomic mass is 10.0. The highest BCUT2D eigenvalue weighted by atomic mass is 16.5. The highest BCUT2D eigenvalue weighted by molar-refractivity contribution is 5.81. The molecule has 2 N–H and O–H groups in total. The number of carboxylic acid groups (broad SMARTS) is 1. The van der Waals surface area contributed by atoms with Gasteiger partial charge in [-0.15, -0.1) is 0 Å². The molecule has 7 nitrogen and oxygen atoms in total. The molecule has 7 heteroatoms. The molecule has 0 aliphatic carbocycles. The summed E-state index contributed by atoms with van der Waals surface area (Å²) in [5.41, 5.74) is 0.738. The lowest BCUT2D eigenvalue weighted by Gasteiger charge is -2.23. The number of rotatable bonds is 7. The van der Waals surface area contributed by atoms with E-state index in [0.717, 1.165) is 5.56 Å². The van der Waals surface area contributed by atoms with Crippen LogP contribution >= 0.6 is 0 Å². The van der Waals surface area contributed by atoms with Crippen molar-refractivity contribution in [2.75, 3.05) is 19.7 Å². The van der Waals surface area contributed by atoms with Crippen molar-refractivity contribution in [3.63, 3.8) is 0 Å². The van der Waals surface area contributed by atoms with Gasteiger partial charge in [0.1, 0.15) is 5.75 Å². The van der Waals surface area contributed by atoms with E-state index in [1.54, 1.807) is 11.0 Å². The van der Waals surface area contributed by atoms with Crippen LogP contribution in [0.3, 0.4) is 0 Å². The number of carbonyl (C=O) groups is 3. The molecule has 136 valence electrons. The smallest absolute Gasteiger partial charge is 0.308 e. The number of carbonyl (C=O) groups excluding carboxylic acids is 2. The van der Waals surface area contributed by atoms with Crippen LogP contribution in [0.2, 0.25) is 0 Å². The molecule has 1 aromatic carbocycles. The average molecular weight is 348 g/mol. The van der Waals surface area contributed by atoms with Crippen molar-refractivity contribution in [3.8, 4) is 5.75 Å². The van der Waals surface area contributed by atoms with Gasteiger partial charge in [-0.25, -0.2) is 0 Å². The summed E-state index contributed by atoms with van der Waals surface area (Å²) in [6.45, 7) is 4.39. The number of nitrogens with one attached hydrogen (secondary N) is 1. The number of para-hydroxylation sites is 1. The van der Waals surface area contributed by atoms with E-state index in [1.165, 1.54) is 6.92 Å². The Balaban J connectivity index is 2.14. The molecular weight excluding hydrogens is 324 g/mol. The zero-order valence-corrected chi connectivity index (χ0v) is 14.5. The number of benzene rings is 1. The summed E-state index contributed by atoms with van der Waals surface area (Å²) in [5, 5.41) is 11.9. The summed E-state index contributed by atoms with van der Waals surface area (Å²) in [4.78, 5) is 36.8. The van der Waals surface area contributed by atoms with Crippen LogP contribution in [0.25, 0.3) is 0 Å². The maximum atomic E-state index is 12.6. The van der Waals surface area contributed by atoms with E-state index < -0.39 is 17.9 Å². The van der Waals surface area contributed by atoms with Gasteiger partial charge in [0.2, 0.25) is 11.8 Å². The molecule has 0 unspecified atom stereocenters. The Hall–Kier alpha value is -2.57. The molecule has 2 amide bonds. The van der Waals surface area contributed by atoms with Crippen LogP contribution < -0.4 is 10.1 Å². The molecule has 0 spiro atoms. The maximum absolute atomic E-state index is 12.6. The third kappa shape index (κ3) is 4.95. The van der Waals surface area contributed by atoms with E-state index in [-0.39, 0.29) is 24.8 Å². The van der Waals surface area contributed by atoms with Gasteiger partial charge in [0.15, 0.2) is 0 Å². The summed E-state index contributed by atoms with van der Waals surface area (Å²) in [7, 11) is 0. The number of hydrogen-bond donors (Lipinski definition) is 2. The molecule has 2 rings (SSSR count). The molecular formula is C18H24N2O5. The standard InChI is InChI=1S/C18H24N2O5/c1-3-25-16-7-5-4-6-14(16)15(19-12(2)21)10-17(22)20-9-8-13(11-20)18(23)24/h4-7,13,15H,3,8-11H2,1-2H3,(H,19,21)(H,23,24)/t13-,15+/m0/s1. The molecule has 1 aliphatic rings. The fourth-order valence-electron chi connectivity index (χ4n) is 3.03. The van der Waals surface area contributed by atoms with Gasteiger partial charge < -0.3 is 20.1 Å². The highest BCUT2D eigenvalue weighted by Crippen LogP contribution is 2.29. The SMILES string of the molecule is CCOc1ccccc1[C@@H](CC(=O)N1CC[C@H](C(=O)O)C1)NC(C)=O. The topological polar surface area (TPSA) is 95.9 Å². The van der Waals surface area contributed by atoms with E-state index in [2.05, 4.69) is 5.32 Å². The summed E-state index contributed by atoms with van der Waals surface area (Å²) >= 11 is 0. The van der Waals surface area contributed by atoms with Crippen LogP contribution in [-0.4, -0.2) is 47.5 Å².